The first-order valence-electron chi connectivity index (χ1n) is 4.98. The third-order valence-corrected chi connectivity index (χ3v) is 2.09. The van der Waals surface area contributed by atoms with Crippen molar-refractivity contribution >= 4 is 5.97 Å². The highest BCUT2D eigenvalue weighted by atomic mass is 16.4. The van der Waals surface area contributed by atoms with E-state index in [0.29, 0.717) is 6.42 Å². The molecule has 1 aromatic rings. The number of hydrogen-bond donors (Lipinski definition) is 1. The normalized spacial score (nSPS) is 10.3. The molecule has 1 N–H and O–H groups in total. The molecule has 0 aliphatic carbocycles. The van der Waals surface area contributed by atoms with Crippen LogP contribution in [0.2, 0.25) is 0 Å². The second-order valence-corrected chi connectivity index (χ2v) is 3.33. The SMILES string of the molecule is O=C(O)CCCCCCn1cccn1. The Balaban J connectivity index is 1.92. The first kappa shape index (κ1) is 10.8. The molecule has 0 fully saturated rings. The van der Waals surface area contributed by atoms with Gasteiger partial charge in [-0.2, -0.15) is 5.10 Å². The van der Waals surface area contributed by atoms with Crippen molar-refractivity contribution in [3.8, 4) is 0 Å². The van der Waals surface area contributed by atoms with Crippen LogP contribution >= 0.6 is 0 Å². The highest BCUT2D eigenvalue weighted by molar-refractivity contribution is 5.66. The molecule has 1 aromatic heterocycles. The van der Waals surface area contributed by atoms with E-state index in [2.05, 4.69) is 5.10 Å². The lowest BCUT2D eigenvalue weighted by molar-refractivity contribution is -0.137. The first-order valence-corrected chi connectivity index (χ1v) is 4.98. The third kappa shape index (κ3) is 4.64. The molecule has 0 amide bonds. The van der Waals surface area contributed by atoms with E-state index in [-0.39, 0.29) is 0 Å². The van der Waals surface area contributed by atoms with Crippen molar-refractivity contribution in [2.45, 2.75) is 38.6 Å². The zero-order valence-corrected chi connectivity index (χ0v) is 8.22. The molecular weight excluding hydrogens is 180 g/mol. The van der Waals surface area contributed by atoms with Crippen LogP contribution in [0, 0.1) is 0 Å². The van der Waals surface area contributed by atoms with Gasteiger partial charge in [-0.1, -0.05) is 12.8 Å². The summed E-state index contributed by atoms with van der Waals surface area (Å²) in [7, 11) is 0. The number of hydrogen-bond acceptors (Lipinski definition) is 2. The molecule has 0 saturated carbocycles. The van der Waals surface area contributed by atoms with Gasteiger partial charge in [-0.25, -0.2) is 0 Å². The van der Waals surface area contributed by atoms with E-state index in [1.54, 1.807) is 6.20 Å². The third-order valence-electron chi connectivity index (χ3n) is 2.09. The van der Waals surface area contributed by atoms with Crippen LogP contribution in [-0.4, -0.2) is 20.9 Å². The van der Waals surface area contributed by atoms with Gasteiger partial charge in [0.15, 0.2) is 0 Å². The fourth-order valence-electron chi connectivity index (χ4n) is 1.34. The van der Waals surface area contributed by atoms with Crippen LogP contribution in [0.5, 0.6) is 0 Å². The van der Waals surface area contributed by atoms with Crippen molar-refractivity contribution < 1.29 is 9.90 Å². The predicted molar refractivity (Wildman–Crippen MR) is 52.9 cm³/mol. The van der Waals surface area contributed by atoms with E-state index in [1.807, 2.05) is 16.9 Å². The zero-order chi connectivity index (χ0) is 10.2. The van der Waals surface area contributed by atoms with E-state index in [4.69, 9.17) is 5.11 Å². The van der Waals surface area contributed by atoms with Crippen molar-refractivity contribution in [3.05, 3.63) is 18.5 Å². The summed E-state index contributed by atoms with van der Waals surface area (Å²) in [5.41, 5.74) is 0. The van der Waals surface area contributed by atoms with E-state index in [9.17, 15) is 4.79 Å². The smallest absolute Gasteiger partial charge is 0.303 e. The number of nitrogens with zero attached hydrogens (tertiary/aromatic N) is 2. The number of aromatic nitrogens is 2. The Hall–Kier alpha value is -1.32. The van der Waals surface area contributed by atoms with E-state index >= 15 is 0 Å². The Bertz CT molecular complexity index is 257. The molecule has 4 nitrogen and oxygen atoms in total. The number of unbranched alkanes of at least 4 members (excludes halogenated alkanes) is 3. The number of carbonyl (C=O) groups is 1. The van der Waals surface area contributed by atoms with Crippen LogP contribution in [0.4, 0.5) is 0 Å². The molecule has 1 rings (SSSR count). The molecular formula is C10H16N2O2. The molecule has 0 atom stereocenters. The predicted octanol–water partition coefficient (Wildman–Crippen LogP) is 1.92. The Kier molecular flexibility index (Phi) is 4.75. The van der Waals surface area contributed by atoms with Crippen molar-refractivity contribution in [2.24, 2.45) is 0 Å². The molecule has 0 bridgehead atoms. The Morgan fingerprint density at radius 3 is 2.71 bits per heavy atom. The first-order chi connectivity index (χ1) is 6.79. The second kappa shape index (κ2) is 6.18. The van der Waals surface area contributed by atoms with Gasteiger partial charge in [-0.15, -0.1) is 0 Å². The minimum atomic E-state index is -0.697. The highest BCUT2D eigenvalue weighted by Crippen LogP contribution is 2.04. The summed E-state index contributed by atoms with van der Waals surface area (Å²) in [4.78, 5) is 10.2. The zero-order valence-electron chi connectivity index (χ0n) is 8.22. The number of rotatable bonds is 7. The molecule has 78 valence electrons. The van der Waals surface area contributed by atoms with Gasteiger partial charge in [-0.05, 0) is 18.9 Å². The number of carboxylic acids is 1. The van der Waals surface area contributed by atoms with Gasteiger partial charge in [0, 0.05) is 25.4 Å². The monoisotopic (exact) mass is 196 g/mol. The fourth-order valence-corrected chi connectivity index (χ4v) is 1.34. The van der Waals surface area contributed by atoms with E-state index in [1.165, 1.54) is 0 Å². The molecule has 0 aliphatic heterocycles. The lowest BCUT2D eigenvalue weighted by Crippen LogP contribution is -1.98. The highest BCUT2D eigenvalue weighted by Gasteiger charge is 1.96. The summed E-state index contributed by atoms with van der Waals surface area (Å²) in [5, 5.41) is 12.5. The Morgan fingerprint density at radius 1 is 1.29 bits per heavy atom. The summed E-state index contributed by atoms with van der Waals surface area (Å²) in [6, 6.07) is 1.91. The van der Waals surface area contributed by atoms with Crippen LogP contribution in [-0.2, 0) is 11.3 Å². The quantitative estimate of drug-likeness (QED) is 0.678. The minimum Gasteiger partial charge on any atom is -0.481 e. The minimum absolute atomic E-state index is 0.293. The Labute approximate surface area is 83.5 Å². The molecule has 0 radical (unpaired) electrons. The molecule has 14 heavy (non-hydrogen) atoms. The average molecular weight is 196 g/mol. The lowest BCUT2D eigenvalue weighted by atomic mass is 10.1. The second-order valence-electron chi connectivity index (χ2n) is 3.33. The van der Waals surface area contributed by atoms with Crippen molar-refractivity contribution in [1.82, 2.24) is 9.78 Å². The molecule has 0 saturated heterocycles. The maximum atomic E-state index is 10.2. The molecule has 0 spiro atoms. The van der Waals surface area contributed by atoms with Gasteiger partial charge in [0.05, 0.1) is 0 Å². The summed E-state index contributed by atoms with van der Waals surface area (Å²) < 4.78 is 1.90. The standard InChI is InChI=1S/C10H16N2O2/c13-10(14)6-3-1-2-4-8-12-9-5-7-11-12/h5,7,9H,1-4,6,8H2,(H,13,14). The van der Waals surface area contributed by atoms with Crippen molar-refractivity contribution in [1.29, 1.82) is 0 Å². The van der Waals surface area contributed by atoms with E-state index < -0.39 is 5.97 Å². The van der Waals surface area contributed by atoms with E-state index in [0.717, 1.165) is 32.2 Å². The summed E-state index contributed by atoms with van der Waals surface area (Å²) >= 11 is 0. The van der Waals surface area contributed by atoms with Crippen LogP contribution in [0.3, 0.4) is 0 Å². The van der Waals surface area contributed by atoms with Gasteiger partial charge in [0.1, 0.15) is 0 Å². The van der Waals surface area contributed by atoms with Gasteiger partial charge >= 0.3 is 5.97 Å². The van der Waals surface area contributed by atoms with Gasteiger partial charge < -0.3 is 5.11 Å². The van der Waals surface area contributed by atoms with Gasteiger partial charge in [0.25, 0.3) is 0 Å². The summed E-state index contributed by atoms with van der Waals surface area (Å²) in [6.45, 7) is 0.931. The van der Waals surface area contributed by atoms with Crippen LogP contribution in [0.1, 0.15) is 32.1 Å². The van der Waals surface area contributed by atoms with Gasteiger partial charge in [-0.3, -0.25) is 9.48 Å². The number of carboxylic acid groups (broad SMARTS) is 1. The fraction of sp³-hybridized carbons (Fsp3) is 0.600. The molecule has 0 unspecified atom stereocenters. The largest absolute Gasteiger partial charge is 0.481 e. The Morgan fingerprint density at radius 2 is 2.07 bits per heavy atom. The number of aryl methyl sites for hydroxylation is 1. The average Bonchev–Trinajstić information content (AvgIpc) is 2.63. The topological polar surface area (TPSA) is 55.1 Å². The van der Waals surface area contributed by atoms with Crippen LogP contribution in [0.25, 0.3) is 0 Å². The molecule has 0 aromatic carbocycles. The maximum Gasteiger partial charge on any atom is 0.303 e. The lowest BCUT2D eigenvalue weighted by Gasteiger charge is -2.00. The van der Waals surface area contributed by atoms with Crippen molar-refractivity contribution in [2.75, 3.05) is 0 Å². The molecule has 4 heteroatoms. The van der Waals surface area contributed by atoms with Crippen LogP contribution < -0.4 is 0 Å². The van der Waals surface area contributed by atoms with Gasteiger partial charge in [0.2, 0.25) is 0 Å². The summed E-state index contributed by atoms with van der Waals surface area (Å²) in [6.07, 6.45) is 7.93. The maximum absolute atomic E-state index is 10.2. The van der Waals surface area contributed by atoms with Crippen LogP contribution in [0.15, 0.2) is 18.5 Å². The van der Waals surface area contributed by atoms with Crippen molar-refractivity contribution in [3.63, 3.8) is 0 Å². The summed E-state index contributed by atoms with van der Waals surface area (Å²) in [5.74, 6) is -0.697. The molecule has 0 aliphatic rings. The molecule has 1 heterocycles. The number of aliphatic carboxylic acids is 1.